The average molecular weight is 146 g/mol. The van der Waals surface area contributed by atoms with E-state index in [1.165, 1.54) is 6.92 Å². The Morgan fingerprint density at radius 2 is 2.20 bits per heavy atom. The molecule has 0 radical (unpaired) electrons. The molecule has 0 aliphatic heterocycles. The van der Waals surface area contributed by atoms with E-state index in [4.69, 9.17) is 5.73 Å². The number of carbonyl (C=O) groups excluding carboxylic acids is 1. The van der Waals surface area contributed by atoms with Gasteiger partial charge in [-0.3, -0.25) is 10.5 Å². The Morgan fingerprint density at radius 1 is 1.70 bits per heavy atom. The Hall–Kier alpha value is -0.610. The monoisotopic (exact) mass is 146 g/mol. The fourth-order valence-electron chi connectivity index (χ4n) is 0.610. The molecule has 0 aromatic carbocycles. The van der Waals surface area contributed by atoms with E-state index in [-0.39, 0.29) is 5.97 Å². The van der Waals surface area contributed by atoms with Crippen molar-refractivity contribution in [1.82, 2.24) is 4.90 Å². The summed E-state index contributed by atoms with van der Waals surface area (Å²) in [6.07, 6.45) is -0.507. The fraction of sp³-hybridized carbons (Fsp3) is 0.833. The van der Waals surface area contributed by atoms with Crippen LogP contribution in [-0.2, 0) is 9.53 Å². The highest BCUT2D eigenvalue weighted by atomic mass is 16.6. The number of nitrogens with zero attached hydrogens (tertiary/aromatic N) is 1. The second kappa shape index (κ2) is 4.24. The van der Waals surface area contributed by atoms with E-state index >= 15 is 0 Å². The molecule has 2 N–H and O–H groups in total. The molecule has 0 saturated carbocycles. The van der Waals surface area contributed by atoms with E-state index in [0.29, 0.717) is 6.54 Å². The van der Waals surface area contributed by atoms with Gasteiger partial charge >= 0.3 is 5.97 Å². The van der Waals surface area contributed by atoms with Crippen LogP contribution < -0.4 is 5.73 Å². The molecule has 0 aliphatic carbocycles. The Morgan fingerprint density at radius 3 is 2.50 bits per heavy atom. The number of likely N-dealkylation sites (N-methyl/N-ethyl adjacent to an activating group) is 1. The average Bonchev–Trinajstić information content (AvgIpc) is 1.58. The van der Waals surface area contributed by atoms with Gasteiger partial charge in [-0.15, -0.1) is 0 Å². The van der Waals surface area contributed by atoms with Gasteiger partial charge in [-0.25, -0.2) is 0 Å². The molecule has 1 unspecified atom stereocenters. The SMILES string of the molecule is CC(=O)OC(N)CN(C)C. The summed E-state index contributed by atoms with van der Waals surface area (Å²) in [4.78, 5) is 12.2. The molecule has 0 amide bonds. The van der Waals surface area contributed by atoms with Gasteiger partial charge in [0.05, 0.1) is 0 Å². The minimum atomic E-state index is -0.507. The minimum absolute atomic E-state index is 0.339. The number of hydrogen-bond donors (Lipinski definition) is 1. The van der Waals surface area contributed by atoms with E-state index in [1.54, 1.807) is 0 Å². The Balaban J connectivity index is 3.43. The lowest BCUT2D eigenvalue weighted by atomic mass is 10.5. The van der Waals surface area contributed by atoms with Crippen molar-refractivity contribution in [3.8, 4) is 0 Å². The van der Waals surface area contributed by atoms with Crippen LogP contribution >= 0.6 is 0 Å². The number of rotatable bonds is 3. The molecule has 10 heavy (non-hydrogen) atoms. The molecule has 1 atom stereocenters. The smallest absolute Gasteiger partial charge is 0.304 e. The molecule has 0 aromatic heterocycles. The number of carbonyl (C=O) groups is 1. The van der Waals surface area contributed by atoms with Gasteiger partial charge in [-0.2, -0.15) is 0 Å². The highest BCUT2D eigenvalue weighted by molar-refractivity contribution is 5.66. The number of ether oxygens (including phenoxy) is 1. The third-order valence-electron chi connectivity index (χ3n) is 0.862. The minimum Gasteiger partial charge on any atom is -0.446 e. The Bertz CT molecular complexity index is 114. The first-order valence-electron chi connectivity index (χ1n) is 3.10. The van der Waals surface area contributed by atoms with Crippen LogP contribution in [0, 0.1) is 0 Å². The largest absolute Gasteiger partial charge is 0.446 e. The summed E-state index contributed by atoms with van der Waals surface area (Å²) < 4.78 is 4.66. The third-order valence-corrected chi connectivity index (χ3v) is 0.862. The van der Waals surface area contributed by atoms with Gasteiger partial charge < -0.3 is 9.64 Å². The third kappa shape index (κ3) is 5.53. The van der Waals surface area contributed by atoms with Gasteiger partial charge in [-0.05, 0) is 14.1 Å². The van der Waals surface area contributed by atoms with Crippen molar-refractivity contribution in [3.05, 3.63) is 0 Å². The van der Waals surface area contributed by atoms with Crippen LogP contribution in [0.3, 0.4) is 0 Å². The van der Waals surface area contributed by atoms with Crippen LogP contribution in [0.5, 0.6) is 0 Å². The Labute approximate surface area is 60.9 Å². The standard InChI is InChI=1S/C6H14N2O2/c1-5(9)10-6(7)4-8(2)3/h6H,4,7H2,1-3H3. The zero-order valence-corrected chi connectivity index (χ0v) is 6.63. The van der Waals surface area contributed by atoms with Gasteiger partial charge in [0.15, 0.2) is 6.23 Å². The summed E-state index contributed by atoms with van der Waals surface area (Å²) in [5.74, 6) is -0.339. The van der Waals surface area contributed by atoms with Crippen LogP contribution in [0.4, 0.5) is 0 Å². The van der Waals surface area contributed by atoms with Crippen LogP contribution in [0.25, 0.3) is 0 Å². The molecule has 4 heteroatoms. The first-order valence-corrected chi connectivity index (χ1v) is 3.10. The lowest BCUT2D eigenvalue weighted by Crippen LogP contribution is -2.36. The van der Waals surface area contributed by atoms with E-state index < -0.39 is 6.23 Å². The Kier molecular flexibility index (Phi) is 3.99. The van der Waals surface area contributed by atoms with Gasteiger partial charge in [0.25, 0.3) is 0 Å². The topological polar surface area (TPSA) is 55.6 Å². The molecule has 0 aromatic rings. The molecule has 0 rings (SSSR count). The van der Waals surface area contributed by atoms with E-state index in [2.05, 4.69) is 4.74 Å². The normalized spacial score (nSPS) is 13.3. The van der Waals surface area contributed by atoms with Crippen molar-refractivity contribution in [2.45, 2.75) is 13.2 Å². The summed E-state index contributed by atoms with van der Waals surface area (Å²) in [7, 11) is 3.73. The lowest BCUT2D eigenvalue weighted by molar-refractivity contribution is -0.146. The van der Waals surface area contributed by atoms with Crippen molar-refractivity contribution >= 4 is 5.97 Å². The fourth-order valence-corrected chi connectivity index (χ4v) is 0.610. The maximum Gasteiger partial charge on any atom is 0.304 e. The predicted molar refractivity (Wildman–Crippen MR) is 38.3 cm³/mol. The lowest BCUT2D eigenvalue weighted by Gasteiger charge is -2.15. The van der Waals surface area contributed by atoms with Gasteiger partial charge in [0.1, 0.15) is 0 Å². The quantitative estimate of drug-likeness (QED) is 0.426. The summed E-state index contributed by atoms with van der Waals surface area (Å²) in [5.41, 5.74) is 5.39. The molecule has 0 spiro atoms. The van der Waals surface area contributed by atoms with Crippen molar-refractivity contribution < 1.29 is 9.53 Å². The molecular weight excluding hydrogens is 132 g/mol. The summed E-state index contributed by atoms with van der Waals surface area (Å²) in [6, 6.07) is 0. The second-order valence-corrected chi connectivity index (χ2v) is 2.41. The molecule has 0 heterocycles. The first kappa shape index (κ1) is 9.39. The molecule has 4 nitrogen and oxygen atoms in total. The van der Waals surface area contributed by atoms with Gasteiger partial charge in [-0.1, -0.05) is 0 Å². The molecule has 0 fully saturated rings. The van der Waals surface area contributed by atoms with Gasteiger partial charge in [0, 0.05) is 13.5 Å². The number of hydrogen-bond acceptors (Lipinski definition) is 4. The van der Waals surface area contributed by atoms with Crippen LogP contribution in [0.1, 0.15) is 6.92 Å². The summed E-state index contributed by atoms with van der Waals surface area (Å²) in [6.45, 7) is 1.90. The highest BCUT2D eigenvalue weighted by Crippen LogP contribution is 1.85. The molecule has 0 saturated heterocycles. The zero-order chi connectivity index (χ0) is 8.15. The molecule has 60 valence electrons. The highest BCUT2D eigenvalue weighted by Gasteiger charge is 2.05. The summed E-state index contributed by atoms with van der Waals surface area (Å²) in [5, 5.41) is 0. The van der Waals surface area contributed by atoms with Gasteiger partial charge in [0.2, 0.25) is 0 Å². The molecular formula is C6H14N2O2. The van der Waals surface area contributed by atoms with Crippen LogP contribution in [0.15, 0.2) is 0 Å². The van der Waals surface area contributed by atoms with Crippen LogP contribution in [0.2, 0.25) is 0 Å². The number of nitrogens with two attached hydrogens (primary N) is 1. The van der Waals surface area contributed by atoms with Crippen molar-refractivity contribution in [1.29, 1.82) is 0 Å². The van der Waals surface area contributed by atoms with Crippen molar-refractivity contribution in [2.75, 3.05) is 20.6 Å². The maximum atomic E-state index is 10.3. The predicted octanol–water partition coefficient (Wildman–Crippen LogP) is -0.604. The van der Waals surface area contributed by atoms with Crippen molar-refractivity contribution in [3.63, 3.8) is 0 Å². The summed E-state index contributed by atoms with van der Waals surface area (Å²) >= 11 is 0. The van der Waals surface area contributed by atoms with E-state index in [1.807, 2.05) is 19.0 Å². The molecule has 0 aliphatic rings. The van der Waals surface area contributed by atoms with Crippen LogP contribution in [-0.4, -0.2) is 37.7 Å². The molecule has 0 bridgehead atoms. The number of esters is 1. The first-order chi connectivity index (χ1) is 4.52. The van der Waals surface area contributed by atoms with Crippen molar-refractivity contribution in [2.24, 2.45) is 5.73 Å². The second-order valence-electron chi connectivity index (χ2n) is 2.41. The van der Waals surface area contributed by atoms with E-state index in [9.17, 15) is 4.79 Å². The zero-order valence-electron chi connectivity index (χ0n) is 6.63. The van der Waals surface area contributed by atoms with E-state index in [0.717, 1.165) is 0 Å². The maximum absolute atomic E-state index is 10.3.